The lowest BCUT2D eigenvalue weighted by molar-refractivity contribution is -0.119. The number of hydrogen-bond donors (Lipinski definition) is 1. The Labute approximate surface area is 181 Å². The van der Waals surface area contributed by atoms with Gasteiger partial charge in [0.05, 0.1) is 17.7 Å². The minimum absolute atomic E-state index is 0.0646. The number of thiophene rings is 1. The van der Waals surface area contributed by atoms with Gasteiger partial charge in [-0.3, -0.25) is 4.79 Å². The molecule has 1 amide bonds. The molecule has 0 fully saturated rings. The van der Waals surface area contributed by atoms with E-state index < -0.39 is 24.5 Å². The largest absolute Gasteiger partial charge is 0.465 e. The summed E-state index contributed by atoms with van der Waals surface area (Å²) in [7, 11) is 1.30. The molecule has 10 heteroatoms. The van der Waals surface area contributed by atoms with E-state index in [0.717, 1.165) is 42.5 Å². The topological polar surface area (TPSA) is 94.6 Å². The molecule has 1 aliphatic carbocycles. The molecule has 29 heavy (non-hydrogen) atoms. The molecule has 2 aromatic rings. The quantitative estimate of drug-likeness (QED) is 0.409. The van der Waals surface area contributed by atoms with Gasteiger partial charge in [-0.1, -0.05) is 29.6 Å². The number of nitrogens with one attached hydrogen (secondary N) is 1. The zero-order valence-electron chi connectivity index (χ0n) is 15.5. The van der Waals surface area contributed by atoms with E-state index in [9.17, 15) is 14.4 Å². The SMILES string of the molecule is COC(=O)c1c(NC(=O)COC(=O)c2nc(Cl)ccc2Cl)sc2c1CCCCC2. The molecule has 0 bridgehead atoms. The van der Waals surface area contributed by atoms with Crippen LogP contribution < -0.4 is 5.32 Å². The highest BCUT2D eigenvalue weighted by molar-refractivity contribution is 7.17. The lowest BCUT2D eigenvalue weighted by Gasteiger charge is -2.08. The third kappa shape index (κ3) is 5.07. The molecule has 0 atom stereocenters. The summed E-state index contributed by atoms with van der Waals surface area (Å²) in [5, 5.41) is 3.21. The van der Waals surface area contributed by atoms with Gasteiger partial charge in [-0.05, 0) is 43.4 Å². The van der Waals surface area contributed by atoms with Crippen molar-refractivity contribution in [1.82, 2.24) is 4.98 Å². The van der Waals surface area contributed by atoms with Crippen molar-refractivity contribution in [3.05, 3.63) is 44.0 Å². The molecule has 1 aliphatic rings. The number of carbonyl (C=O) groups is 3. The molecule has 7 nitrogen and oxygen atoms in total. The van der Waals surface area contributed by atoms with Crippen LogP contribution in [0.25, 0.3) is 0 Å². The molecule has 0 radical (unpaired) electrons. The maximum atomic E-state index is 12.3. The summed E-state index contributed by atoms with van der Waals surface area (Å²) in [6.07, 6.45) is 4.73. The Morgan fingerprint density at radius 2 is 1.90 bits per heavy atom. The first-order valence-electron chi connectivity index (χ1n) is 8.92. The number of esters is 2. The number of hydrogen-bond acceptors (Lipinski definition) is 7. The highest BCUT2D eigenvalue weighted by atomic mass is 35.5. The first kappa shape index (κ1) is 21.5. The van der Waals surface area contributed by atoms with Crippen LogP contribution in [0.5, 0.6) is 0 Å². The van der Waals surface area contributed by atoms with Crippen molar-refractivity contribution < 1.29 is 23.9 Å². The fourth-order valence-corrected chi connectivity index (χ4v) is 4.70. The first-order valence-corrected chi connectivity index (χ1v) is 10.5. The van der Waals surface area contributed by atoms with E-state index in [1.807, 2.05) is 0 Å². The number of rotatable bonds is 5. The van der Waals surface area contributed by atoms with Gasteiger partial charge in [0.25, 0.3) is 5.91 Å². The van der Waals surface area contributed by atoms with Gasteiger partial charge in [0.15, 0.2) is 12.3 Å². The summed E-state index contributed by atoms with van der Waals surface area (Å²) >= 11 is 13.0. The van der Waals surface area contributed by atoms with Crippen molar-refractivity contribution in [2.75, 3.05) is 19.0 Å². The van der Waals surface area contributed by atoms with E-state index in [1.54, 1.807) is 0 Å². The van der Waals surface area contributed by atoms with Crippen LogP contribution in [0.3, 0.4) is 0 Å². The number of methoxy groups -OCH3 is 1. The average molecular weight is 457 g/mol. The lowest BCUT2D eigenvalue weighted by atomic mass is 10.1. The monoisotopic (exact) mass is 456 g/mol. The predicted molar refractivity (Wildman–Crippen MR) is 110 cm³/mol. The average Bonchev–Trinajstić information content (AvgIpc) is 2.87. The molecule has 1 N–H and O–H groups in total. The zero-order chi connectivity index (χ0) is 21.0. The maximum Gasteiger partial charge on any atom is 0.359 e. The molecule has 0 aromatic carbocycles. The fourth-order valence-electron chi connectivity index (χ4n) is 3.07. The summed E-state index contributed by atoms with van der Waals surface area (Å²) in [6.45, 7) is -0.563. The Hall–Kier alpha value is -2.16. The minimum atomic E-state index is -0.872. The van der Waals surface area contributed by atoms with Crippen LogP contribution in [0.4, 0.5) is 5.00 Å². The van der Waals surface area contributed by atoms with E-state index in [-0.39, 0.29) is 15.9 Å². The molecule has 0 unspecified atom stereocenters. The number of halogens is 2. The molecule has 0 spiro atoms. The van der Waals surface area contributed by atoms with E-state index in [1.165, 1.54) is 30.6 Å². The Kier molecular flexibility index (Phi) is 7.10. The molecule has 2 aromatic heterocycles. The zero-order valence-corrected chi connectivity index (χ0v) is 17.9. The number of fused-ring (bicyclic) bond motifs is 1. The summed E-state index contributed by atoms with van der Waals surface area (Å²) in [6, 6.07) is 2.84. The Bertz CT molecular complexity index is 960. The highest BCUT2D eigenvalue weighted by Crippen LogP contribution is 2.37. The van der Waals surface area contributed by atoms with Crippen molar-refractivity contribution in [3.63, 3.8) is 0 Å². The summed E-state index contributed by atoms with van der Waals surface area (Å²) in [4.78, 5) is 41.6. The number of carbonyl (C=O) groups excluding carboxylic acids is 3. The number of pyridine rings is 1. The van der Waals surface area contributed by atoms with E-state index in [4.69, 9.17) is 32.7 Å². The molecule has 2 heterocycles. The van der Waals surface area contributed by atoms with Gasteiger partial charge >= 0.3 is 11.9 Å². The third-order valence-electron chi connectivity index (χ3n) is 4.40. The molecule has 0 saturated heterocycles. The van der Waals surface area contributed by atoms with Gasteiger partial charge in [0, 0.05) is 4.88 Å². The van der Waals surface area contributed by atoms with Crippen molar-refractivity contribution in [2.24, 2.45) is 0 Å². The first-order chi connectivity index (χ1) is 13.9. The number of anilines is 1. The number of aryl methyl sites for hydroxylation is 1. The van der Waals surface area contributed by atoms with Gasteiger partial charge in [-0.25, -0.2) is 14.6 Å². The Morgan fingerprint density at radius 3 is 2.66 bits per heavy atom. The summed E-state index contributed by atoms with van der Waals surface area (Å²) in [5.74, 6) is -1.95. The standard InChI is InChI=1S/C19H18Cl2N2O5S/c1-27-18(25)15-10-5-3-2-4-6-12(10)29-17(15)23-14(24)9-28-19(26)16-11(20)7-8-13(21)22-16/h7-8H,2-6,9H2,1H3,(H,23,24). The third-order valence-corrected chi connectivity index (χ3v) is 6.13. The second kappa shape index (κ2) is 9.56. The summed E-state index contributed by atoms with van der Waals surface area (Å²) < 4.78 is 9.88. The van der Waals surface area contributed by atoms with Crippen LogP contribution in [0.1, 0.15) is 50.5 Å². The van der Waals surface area contributed by atoms with Crippen LogP contribution in [-0.2, 0) is 27.1 Å². The van der Waals surface area contributed by atoms with Crippen molar-refractivity contribution in [1.29, 1.82) is 0 Å². The number of ether oxygens (including phenoxy) is 2. The smallest absolute Gasteiger partial charge is 0.359 e. The van der Waals surface area contributed by atoms with Gasteiger partial charge in [-0.15, -0.1) is 11.3 Å². The Morgan fingerprint density at radius 1 is 1.14 bits per heavy atom. The molecule has 0 aliphatic heterocycles. The molecule has 154 valence electrons. The van der Waals surface area contributed by atoms with E-state index >= 15 is 0 Å². The van der Waals surface area contributed by atoms with E-state index in [0.29, 0.717) is 10.6 Å². The Balaban J connectivity index is 1.71. The number of nitrogens with zero attached hydrogens (tertiary/aromatic N) is 1. The van der Waals surface area contributed by atoms with Crippen molar-refractivity contribution in [3.8, 4) is 0 Å². The van der Waals surface area contributed by atoms with Crippen LogP contribution in [-0.4, -0.2) is 36.5 Å². The van der Waals surface area contributed by atoms with Crippen LogP contribution in [0.2, 0.25) is 10.2 Å². The highest BCUT2D eigenvalue weighted by Gasteiger charge is 2.26. The minimum Gasteiger partial charge on any atom is -0.465 e. The number of amides is 1. The van der Waals surface area contributed by atoms with Crippen molar-refractivity contribution >= 4 is 57.4 Å². The maximum absolute atomic E-state index is 12.3. The second-order valence-electron chi connectivity index (χ2n) is 6.35. The molecular weight excluding hydrogens is 439 g/mol. The predicted octanol–water partition coefficient (Wildman–Crippen LogP) is 4.30. The van der Waals surface area contributed by atoms with Gasteiger partial charge < -0.3 is 14.8 Å². The summed E-state index contributed by atoms with van der Waals surface area (Å²) in [5.41, 5.74) is 1.14. The normalized spacial score (nSPS) is 13.2. The molecule has 0 saturated carbocycles. The molecular formula is C19H18Cl2N2O5S. The van der Waals surface area contributed by atoms with E-state index in [2.05, 4.69) is 10.3 Å². The van der Waals surface area contributed by atoms with Gasteiger partial charge in [0.2, 0.25) is 0 Å². The van der Waals surface area contributed by atoms with Crippen molar-refractivity contribution in [2.45, 2.75) is 32.1 Å². The van der Waals surface area contributed by atoms with Crippen LogP contribution in [0, 0.1) is 0 Å². The van der Waals surface area contributed by atoms with Gasteiger partial charge in [0.1, 0.15) is 10.2 Å². The van der Waals surface area contributed by atoms with Crippen LogP contribution >= 0.6 is 34.5 Å². The molecule has 3 rings (SSSR count). The lowest BCUT2D eigenvalue weighted by Crippen LogP contribution is -2.22. The fraction of sp³-hybridized carbons (Fsp3) is 0.368. The van der Waals surface area contributed by atoms with Crippen LogP contribution in [0.15, 0.2) is 12.1 Å². The van der Waals surface area contributed by atoms with Gasteiger partial charge in [-0.2, -0.15) is 0 Å². The number of aromatic nitrogens is 1. The second-order valence-corrected chi connectivity index (χ2v) is 8.25.